The minimum absolute atomic E-state index is 0.00692. The summed E-state index contributed by atoms with van der Waals surface area (Å²) in [4.78, 5) is 25.6. The Morgan fingerprint density at radius 3 is 2.41 bits per heavy atom. The Balaban J connectivity index is 2.13. The number of nitrogens with two attached hydrogens (primary N) is 1. The van der Waals surface area contributed by atoms with Crippen LogP contribution in [0.2, 0.25) is 0 Å². The van der Waals surface area contributed by atoms with E-state index in [-0.39, 0.29) is 23.7 Å². The number of likely N-dealkylation sites (tertiary alicyclic amines) is 1. The van der Waals surface area contributed by atoms with Gasteiger partial charge in [-0.3, -0.25) is 9.59 Å². The third kappa shape index (κ3) is 3.40. The molecule has 0 aliphatic carbocycles. The van der Waals surface area contributed by atoms with E-state index in [4.69, 9.17) is 10.5 Å². The molecule has 0 aromatic heterocycles. The van der Waals surface area contributed by atoms with Crippen LogP contribution in [0.4, 0.5) is 0 Å². The highest BCUT2D eigenvalue weighted by molar-refractivity contribution is 5.95. The number of carbonyl (C=O) groups is 2. The van der Waals surface area contributed by atoms with Gasteiger partial charge >= 0.3 is 0 Å². The molecule has 2 amide bonds. The molecule has 120 valence electrons. The van der Waals surface area contributed by atoms with Crippen LogP contribution < -0.4 is 10.5 Å². The van der Waals surface area contributed by atoms with Crippen molar-refractivity contribution in [2.24, 2.45) is 11.7 Å². The highest BCUT2D eigenvalue weighted by atomic mass is 16.5. The second kappa shape index (κ2) is 6.81. The summed E-state index contributed by atoms with van der Waals surface area (Å²) >= 11 is 0. The zero-order valence-electron chi connectivity index (χ0n) is 13.5. The summed E-state index contributed by atoms with van der Waals surface area (Å²) in [5.74, 6) is 0.722. The molecule has 0 radical (unpaired) electrons. The molecule has 1 aliphatic heterocycles. The van der Waals surface area contributed by atoms with Crippen molar-refractivity contribution < 1.29 is 14.3 Å². The van der Waals surface area contributed by atoms with Crippen LogP contribution in [0.25, 0.3) is 0 Å². The standard InChI is InChI=1S/C17H24N2O3/c1-11(2)14-10-13(4-5-15(14)22-3)17(21)19-8-6-12(7-9-19)16(18)20/h4-5,10-12H,6-9H2,1-3H3,(H2,18,20). The third-order valence-corrected chi connectivity index (χ3v) is 4.28. The largest absolute Gasteiger partial charge is 0.496 e. The number of carbonyl (C=O) groups excluding carboxylic acids is 2. The number of piperidine rings is 1. The fraction of sp³-hybridized carbons (Fsp3) is 0.529. The van der Waals surface area contributed by atoms with Crippen molar-refractivity contribution in [2.75, 3.05) is 20.2 Å². The smallest absolute Gasteiger partial charge is 0.253 e. The van der Waals surface area contributed by atoms with Gasteiger partial charge in [0.15, 0.2) is 0 Å². The lowest BCUT2D eigenvalue weighted by Gasteiger charge is -2.30. The Labute approximate surface area is 131 Å². The van der Waals surface area contributed by atoms with Crippen molar-refractivity contribution in [3.63, 3.8) is 0 Å². The molecule has 2 N–H and O–H groups in total. The molecule has 0 spiro atoms. The van der Waals surface area contributed by atoms with E-state index in [0.717, 1.165) is 11.3 Å². The van der Waals surface area contributed by atoms with E-state index in [1.165, 1.54) is 0 Å². The maximum atomic E-state index is 12.6. The first-order chi connectivity index (χ1) is 10.4. The predicted molar refractivity (Wildman–Crippen MR) is 84.9 cm³/mol. The number of rotatable bonds is 4. The summed E-state index contributed by atoms with van der Waals surface area (Å²) in [6.07, 6.45) is 1.29. The molecule has 1 aromatic carbocycles. The van der Waals surface area contributed by atoms with Crippen molar-refractivity contribution >= 4 is 11.8 Å². The average Bonchev–Trinajstić information content (AvgIpc) is 2.53. The van der Waals surface area contributed by atoms with E-state index in [9.17, 15) is 9.59 Å². The Kier molecular flexibility index (Phi) is 5.06. The normalized spacial score (nSPS) is 15.9. The SMILES string of the molecule is COc1ccc(C(=O)N2CCC(C(N)=O)CC2)cc1C(C)C. The summed E-state index contributed by atoms with van der Waals surface area (Å²) in [5, 5.41) is 0. The van der Waals surface area contributed by atoms with Gasteiger partial charge in [-0.1, -0.05) is 13.8 Å². The van der Waals surface area contributed by atoms with Crippen LogP contribution in [0.3, 0.4) is 0 Å². The number of benzene rings is 1. The van der Waals surface area contributed by atoms with Gasteiger partial charge in [0.2, 0.25) is 5.91 Å². The minimum atomic E-state index is -0.265. The third-order valence-electron chi connectivity index (χ3n) is 4.28. The molecule has 0 unspecified atom stereocenters. The molecule has 1 aromatic rings. The van der Waals surface area contributed by atoms with Gasteiger partial charge in [-0.25, -0.2) is 0 Å². The van der Waals surface area contributed by atoms with Crippen LogP contribution in [0, 0.1) is 5.92 Å². The summed E-state index contributed by atoms with van der Waals surface area (Å²) in [5.41, 5.74) is 7.03. The van der Waals surface area contributed by atoms with E-state index in [0.29, 0.717) is 31.5 Å². The van der Waals surface area contributed by atoms with Crippen molar-refractivity contribution in [3.8, 4) is 5.75 Å². The van der Waals surface area contributed by atoms with Gasteiger partial charge in [-0.05, 0) is 42.5 Å². The molecule has 22 heavy (non-hydrogen) atoms. The number of methoxy groups -OCH3 is 1. The molecular weight excluding hydrogens is 280 g/mol. The van der Waals surface area contributed by atoms with E-state index in [1.54, 1.807) is 18.1 Å². The number of amides is 2. The van der Waals surface area contributed by atoms with E-state index in [1.807, 2.05) is 12.1 Å². The first-order valence-electron chi connectivity index (χ1n) is 7.70. The Hall–Kier alpha value is -2.04. The minimum Gasteiger partial charge on any atom is -0.496 e. The molecule has 0 bridgehead atoms. The van der Waals surface area contributed by atoms with Crippen LogP contribution >= 0.6 is 0 Å². The number of hydrogen-bond donors (Lipinski definition) is 1. The van der Waals surface area contributed by atoms with Crippen LogP contribution in [-0.2, 0) is 4.79 Å². The average molecular weight is 304 g/mol. The van der Waals surface area contributed by atoms with Crippen LogP contribution in [0.15, 0.2) is 18.2 Å². The molecule has 2 rings (SSSR count). The lowest BCUT2D eigenvalue weighted by atomic mass is 9.95. The van der Waals surface area contributed by atoms with Crippen LogP contribution in [-0.4, -0.2) is 36.9 Å². The molecule has 1 saturated heterocycles. The monoisotopic (exact) mass is 304 g/mol. The fourth-order valence-corrected chi connectivity index (χ4v) is 2.87. The second-order valence-electron chi connectivity index (χ2n) is 6.08. The molecule has 1 fully saturated rings. The van der Waals surface area contributed by atoms with Crippen LogP contribution in [0.1, 0.15) is 48.5 Å². The molecule has 0 atom stereocenters. The van der Waals surface area contributed by atoms with Crippen molar-refractivity contribution in [1.29, 1.82) is 0 Å². The molecule has 1 aliphatic rings. The Morgan fingerprint density at radius 2 is 1.91 bits per heavy atom. The summed E-state index contributed by atoms with van der Waals surface area (Å²) in [6.45, 7) is 5.31. The highest BCUT2D eigenvalue weighted by Gasteiger charge is 2.26. The van der Waals surface area contributed by atoms with E-state index < -0.39 is 0 Å². The Morgan fingerprint density at radius 1 is 1.27 bits per heavy atom. The summed E-state index contributed by atoms with van der Waals surface area (Å²) in [6, 6.07) is 5.55. The number of ether oxygens (including phenoxy) is 1. The second-order valence-corrected chi connectivity index (χ2v) is 6.08. The lowest BCUT2D eigenvalue weighted by molar-refractivity contribution is -0.123. The molecular formula is C17H24N2O3. The van der Waals surface area contributed by atoms with E-state index >= 15 is 0 Å². The highest BCUT2D eigenvalue weighted by Crippen LogP contribution is 2.28. The Bertz CT molecular complexity index is 561. The quantitative estimate of drug-likeness (QED) is 0.926. The summed E-state index contributed by atoms with van der Waals surface area (Å²) in [7, 11) is 1.64. The molecule has 1 heterocycles. The van der Waals surface area contributed by atoms with Gasteiger partial charge in [0.05, 0.1) is 7.11 Å². The zero-order valence-corrected chi connectivity index (χ0v) is 13.5. The maximum Gasteiger partial charge on any atom is 0.253 e. The van der Waals surface area contributed by atoms with Gasteiger partial charge in [0, 0.05) is 24.6 Å². The summed E-state index contributed by atoms with van der Waals surface area (Å²) < 4.78 is 5.35. The van der Waals surface area contributed by atoms with Gasteiger partial charge in [-0.15, -0.1) is 0 Å². The van der Waals surface area contributed by atoms with Gasteiger partial charge in [-0.2, -0.15) is 0 Å². The van der Waals surface area contributed by atoms with Gasteiger partial charge in [0.1, 0.15) is 5.75 Å². The number of nitrogens with zero attached hydrogens (tertiary/aromatic N) is 1. The fourth-order valence-electron chi connectivity index (χ4n) is 2.87. The molecule has 5 heteroatoms. The first kappa shape index (κ1) is 16.3. The van der Waals surface area contributed by atoms with Gasteiger partial charge < -0.3 is 15.4 Å². The molecule has 5 nitrogen and oxygen atoms in total. The lowest BCUT2D eigenvalue weighted by Crippen LogP contribution is -2.41. The van der Waals surface area contributed by atoms with Crippen molar-refractivity contribution in [1.82, 2.24) is 4.90 Å². The topological polar surface area (TPSA) is 72.6 Å². The van der Waals surface area contributed by atoms with Crippen LogP contribution in [0.5, 0.6) is 5.75 Å². The number of hydrogen-bond acceptors (Lipinski definition) is 3. The predicted octanol–water partition coefficient (Wildman–Crippen LogP) is 2.16. The number of primary amides is 1. The maximum absolute atomic E-state index is 12.6. The van der Waals surface area contributed by atoms with Crippen molar-refractivity contribution in [3.05, 3.63) is 29.3 Å². The molecule has 0 saturated carbocycles. The van der Waals surface area contributed by atoms with Gasteiger partial charge in [0.25, 0.3) is 5.91 Å². The zero-order chi connectivity index (χ0) is 16.3. The van der Waals surface area contributed by atoms with E-state index in [2.05, 4.69) is 13.8 Å². The first-order valence-corrected chi connectivity index (χ1v) is 7.70. The van der Waals surface area contributed by atoms with Crippen molar-refractivity contribution in [2.45, 2.75) is 32.6 Å².